The molecule has 0 bridgehead atoms. The number of hydrogen-bond acceptors (Lipinski definition) is 4. The van der Waals surface area contributed by atoms with Gasteiger partial charge in [0.2, 0.25) is 0 Å². The van der Waals surface area contributed by atoms with E-state index < -0.39 is 26.5 Å². The Morgan fingerprint density at radius 3 is 0.923 bits per heavy atom. The molecule has 0 atom stereocenters. The molecule has 0 aliphatic carbocycles. The van der Waals surface area contributed by atoms with Crippen LogP contribution in [-0.2, 0) is 9.59 Å². The predicted molar refractivity (Wildman–Crippen MR) is 112 cm³/mol. The van der Waals surface area contributed by atoms with E-state index in [9.17, 15) is 0 Å². The molecule has 0 amide bonds. The van der Waals surface area contributed by atoms with Gasteiger partial charge >= 0.3 is 0 Å². The number of rotatable bonds is 2. The first-order valence-corrected chi connectivity index (χ1v) is 14.3. The monoisotopic (exact) mass is 394 g/mol. The fraction of sp³-hybridized carbons (Fsp3) is 0.300. The molecule has 0 saturated carbocycles. The number of carboxylic acid groups (broad SMARTS) is 2. The van der Waals surface area contributed by atoms with E-state index >= 15 is 0 Å². The number of benzene rings is 2. The number of hydrogen-bond donors (Lipinski definition) is 0. The van der Waals surface area contributed by atoms with E-state index in [0.29, 0.717) is 0 Å². The molecule has 0 radical (unpaired) electrons. The van der Waals surface area contributed by atoms with Gasteiger partial charge in [0.1, 0.15) is 0 Å². The molecule has 0 spiro atoms. The van der Waals surface area contributed by atoms with Crippen LogP contribution in [0.15, 0.2) is 60.7 Å². The molecule has 26 heavy (non-hydrogen) atoms. The van der Waals surface area contributed by atoms with Crippen LogP contribution < -0.4 is 20.8 Å². The quantitative estimate of drug-likeness (QED) is 0.561. The maximum Gasteiger partial charge on any atom is 0.0930 e. The summed E-state index contributed by atoms with van der Waals surface area (Å²) in [4.78, 5) is 17.9. The van der Waals surface area contributed by atoms with E-state index in [4.69, 9.17) is 19.8 Å². The van der Waals surface area contributed by atoms with Crippen LogP contribution in [0.4, 0.5) is 0 Å². The summed E-state index contributed by atoms with van der Waals surface area (Å²) in [6.45, 7) is 14.0. The molecule has 0 aliphatic rings. The predicted octanol–water partition coefficient (Wildman–Crippen LogP) is 0.924. The van der Waals surface area contributed by atoms with Crippen LogP contribution in [-0.4, -0.2) is 51.9 Å². The third-order valence-electron chi connectivity index (χ3n) is 3.23. The SMILES string of the molecule is C[P+](C)(C)c1ccccc1.C[P+](C)(C)c1ccccc1.O=C([O-])C(=O)[O-]. The molecular weight excluding hydrogens is 366 g/mol. The lowest BCUT2D eigenvalue weighted by Gasteiger charge is -2.10. The molecule has 2 rings (SSSR count). The summed E-state index contributed by atoms with van der Waals surface area (Å²) >= 11 is 0. The highest BCUT2D eigenvalue weighted by Crippen LogP contribution is 2.45. The largest absolute Gasteiger partial charge is 0.543 e. The summed E-state index contributed by atoms with van der Waals surface area (Å²) in [5.41, 5.74) is 0. The van der Waals surface area contributed by atoms with Gasteiger partial charge in [0, 0.05) is 14.5 Å². The van der Waals surface area contributed by atoms with E-state index in [-0.39, 0.29) is 0 Å². The molecule has 0 fully saturated rings. The van der Waals surface area contributed by atoms with Crippen molar-refractivity contribution in [1.29, 1.82) is 0 Å². The summed E-state index contributed by atoms with van der Waals surface area (Å²) in [7, 11) is -1.54. The summed E-state index contributed by atoms with van der Waals surface area (Å²) < 4.78 is 0. The summed E-state index contributed by atoms with van der Waals surface area (Å²) in [6, 6.07) is 21.4. The molecule has 2 aromatic rings. The van der Waals surface area contributed by atoms with Gasteiger partial charge < -0.3 is 19.8 Å². The van der Waals surface area contributed by atoms with E-state index in [0.717, 1.165) is 0 Å². The van der Waals surface area contributed by atoms with Crippen LogP contribution in [0.1, 0.15) is 0 Å². The second-order valence-electron chi connectivity index (χ2n) is 7.27. The van der Waals surface area contributed by atoms with E-state index in [1.807, 2.05) is 0 Å². The highest BCUT2D eigenvalue weighted by atomic mass is 31.2. The van der Waals surface area contributed by atoms with E-state index in [1.165, 1.54) is 10.6 Å². The van der Waals surface area contributed by atoms with Gasteiger partial charge in [-0.25, -0.2) is 0 Å². The standard InChI is InChI=1S/2C9H14P.C2H2O4/c2*1-10(2,3)9-7-5-4-6-8-9;3-1(4)2(5)6/h2*4-8H,1-3H3;(H,3,4)(H,5,6)/q2*+1;/p-2. The Labute approximate surface area is 158 Å². The van der Waals surface area contributed by atoms with Crippen LogP contribution in [0, 0.1) is 0 Å². The first-order chi connectivity index (χ1) is 11.9. The normalized spacial score (nSPS) is 10.5. The average Bonchev–Trinajstić information content (AvgIpc) is 2.56. The topological polar surface area (TPSA) is 80.3 Å². The maximum absolute atomic E-state index is 8.93. The van der Waals surface area contributed by atoms with Gasteiger partial charge in [-0.3, -0.25) is 0 Å². The Morgan fingerprint density at radius 2 is 0.808 bits per heavy atom. The average molecular weight is 394 g/mol. The Kier molecular flexibility index (Phi) is 10.3. The molecular formula is C20H28O4P2. The van der Waals surface area contributed by atoms with Gasteiger partial charge in [0.15, 0.2) is 0 Å². The minimum absolute atomic E-state index is 0.768. The zero-order valence-corrected chi connectivity index (χ0v) is 18.1. The summed E-state index contributed by atoms with van der Waals surface area (Å²) in [5, 5.41) is 20.9. The van der Waals surface area contributed by atoms with Crippen molar-refractivity contribution in [2.24, 2.45) is 0 Å². The minimum atomic E-state index is -2.19. The molecule has 0 aromatic heterocycles. The first-order valence-electron chi connectivity index (χ1n) is 8.02. The molecule has 0 aliphatic heterocycles. The lowest BCUT2D eigenvalue weighted by atomic mass is 10.4. The lowest BCUT2D eigenvalue weighted by molar-refractivity contribution is -0.345. The third-order valence-corrected chi connectivity index (χ3v) is 6.92. The van der Waals surface area contributed by atoms with Gasteiger partial charge in [0.25, 0.3) is 0 Å². The van der Waals surface area contributed by atoms with E-state index in [2.05, 4.69) is 101 Å². The molecule has 0 N–H and O–H groups in total. The van der Waals surface area contributed by atoms with Crippen molar-refractivity contribution in [1.82, 2.24) is 0 Å². The van der Waals surface area contributed by atoms with Crippen molar-refractivity contribution >= 4 is 37.1 Å². The number of carbonyl (C=O) groups is 2. The molecule has 4 nitrogen and oxygen atoms in total. The van der Waals surface area contributed by atoms with Gasteiger partial charge in [-0.1, -0.05) is 36.4 Å². The van der Waals surface area contributed by atoms with Crippen LogP contribution in [0.25, 0.3) is 0 Å². The van der Waals surface area contributed by atoms with Crippen molar-refractivity contribution in [3.63, 3.8) is 0 Å². The second-order valence-corrected chi connectivity index (χ2v) is 16.4. The molecule has 0 heterocycles. The Balaban J connectivity index is 0.000000375. The molecule has 2 aromatic carbocycles. The van der Waals surface area contributed by atoms with Gasteiger partial charge in [0.05, 0.1) is 62.5 Å². The van der Waals surface area contributed by atoms with Crippen molar-refractivity contribution < 1.29 is 19.8 Å². The lowest BCUT2D eigenvalue weighted by Crippen LogP contribution is -2.42. The van der Waals surface area contributed by atoms with Crippen molar-refractivity contribution in [2.45, 2.75) is 0 Å². The summed E-state index contributed by atoms with van der Waals surface area (Å²) in [6.07, 6.45) is 0. The van der Waals surface area contributed by atoms with E-state index in [1.54, 1.807) is 0 Å². The van der Waals surface area contributed by atoms with Crippen LogP contribution >= 0.6 is 14.5 Å². The first kappa shape index (κ1) is 24.2. The smallest absolute Gasteiger partial charge is 0.0930 e. The third kappa shape index (κ3) is 11.0. The van der Waals surface area contributed by atoms with Crippen LogP contribution in [0.5, 0.6) is 0 Å². The highest BCUT2D eigenvalue weighted by Gasteiger charge is 2.20. The highest BCUT2D eigenvalue weighted by molar-refractivity contribution is 7.81. The zero-order valence-electron chi connectivity index (χ0n) is 16.3. The molecule has 142 valence electrons. The Hall–Kier alpha value is -1.76. The second kappa shape index (κ2) is 11.1. The van der Waals surface area contributed by atoms with Gasteiger partial charge in [-0.05, 0) is 24.3 Å². The molecule has 0 saturated heterocycles. The van der Waals surface area contributed by atoms with Crippen LogP contribution in [0.2, 0.25) is 0 Å². The minimum Gasteiger partial charge on any atom is -0.543 e. The van der Waals surface area contributed by atoms with Crippen molar-refractivity contribution in [2.75, 3.05) is 40.0 Å². The Morgan fingerprint density at radius 1 is 0.577 bits per heavy atom. The van der Waals surface area contributed by atoms with Crippen molar-refractivity contribution in [3.05, 3.63) is 60.7 Å². The number of carboxylic acids is 2. The molecule has 0 unspecified atom stereocenters. The maximum atomic E-state index is 8.93. The van der Waals surface area contributed by atoms with Crippen LogP contribution in [0.3, 0.4) is 0 Å². The molecule has 6 heteroatoms. The van der Waals surface area contributed by atoms with Gasteiger partial charge in [-0.2, -0.15) is 0 Å². The fourth-order valence-corrected chi connectivity index (χ4v) is 3.88. The zero-order chi connectivity index (χ0) is 20.4. The Bertz CT molecular complexity index is 611. The summed E-state index contributed by atoms with van der Waals surface area (Å²) in [5.74, 6) is -4.37. The van der Waals surface area contributed by atoms with Gasteiger partial charge in [-0.15, -0.1) is 0 Å². The number of aliphatic carboxylic acids is 2. The number of carbonyl (C=O) groups excluding carboxylic acids is 2. The van der Waals surface area contributed by atoms with Crippen molar-refractivity contribution in [3.8, 4) is 0 Å². The fourth-order valence-electron chi connectivity index (χ4n) is 1.75.